The molecule has 19 heavy (non-hydrogen) atoms. The fourth-order valence-electron chi connectivity index (χ4n) is 1.38. The Kier molecular flexibility index (Phi) is 8.01. The summed E-state index contributed by atoms with van der Waals surface area (Å²) in [6, 6.07) is 16.7. The Hall–Kier alpha value is -0.658. The molecule has 0 aromatic heterocycles. The van der Waals surface area contributed by atoms with Gasteiger partial charge in [0.2, 0.25) is 0 Å². The van der Waals surface area contributed by atoms with Crippen molar-refractivity contribution in [2.45, 2.75) is 11.8 Å². The number of thioether (sulfide) groups is 1. The van der Waals surface area contributed by atoms with Crippen LogP contribution in [0.2, 0.25) is 0 Å². The molecule has 2 aromatic rings. The number of benzene rings is 2. The number of aryl methyl sites for hydroxylation is 1. The van der Waals surface area contributed by atoms with E-state index < -0.39 is 0 Å². The molecule has 5 heteroatoms. The van der Waals surface area contributed by atoms with Crippen molar-refractivity contribution >= 4 is 32.7 Å². The van der Waals surface area contributed by atoms with Gasteiger partial charge < -0.3 is 0 Å². The van der Waals surface area contributed by atoms with Gasteiger partial charge in [0.1, 0.15) is 0 Å². The molecule has 0 spiro atoms. The second-order valence-electron chi connectivity index (χ2n) is 3.63. The quantitative estimate of drug-likeness (QED) is 0.292. The second kappa shape index (κ2) is 9.28. The zero-order valence-electron chi connectivity index (χ0n) is 10.5. The van der Waals surface area contributed by atoms with Gasteiger partial charge in [-0.05, 0) is 31.0 Å². The van der Waals surface area contributed by atoms with E-state index in [1.54, 1.807) is 11.8 Å². The summed E-state index contributed by atoms with van der Waals surface area (Å²) >= 11 is 3.88. The molecule has 0 aliphatic carbocycles. The van der Waals surface area contributed by atoms with E-state index in [0.717, 1.165) is 16.3 Å². The molecule has 2 aromatic carbocycles. The summed E-state index contributed by atoms with van der Waals surface area (Å²) in [6.07, 6.45) is 2.03. The van der Waals surface area contributed by atoms with Crippen LogP contribution in [0.25, 0.3) is 0 Å². The molecule has 0 radical (unpaired) electrons. The van der Waals surface area contributed by atoms with E-state index in [1.165, 1.54) is 5.56 Å². The Labute approximate surface area is 133 Å². The van der Waals surface area contributed by atoms with Crippen molar-refractivity contribution in [2.75, 3.05) is 6.26 Å². The zero-order chi connectivity index (χ0) is 14.1. The predicted octanol–water partition coefficient (Wildman–Crippen LogP) is 5.62. The maximum atomic E-state index is 4.49. The first-order valence-corrected chi connectivity index (χ1v) is 8.67. The van der Waals surface area contributed by atoms with Gasteiger partial charge in [-0.1, -0.05) is 22.6 Å². The van der Waals surface area contributed by atoms with Gasteiger partial charge in [0.15, 0.2) is 0 Å². The number of hydrogen-bond acceptors (Lipinski definition) is 3. The first kappa shape index (κ1) is 16.4. The SMILES string of the molecule is CSc1cc[c-]cc1N=Nc1ccc(C)cc1.[Cl][Pd+]. The molecule has 2 rings (SSSR count). The van der Waals surface area contributed by atoms with Crippen LogP contribution in [-0.2, 0) is 18.2 Å². The Morgan fingerprint density at radius 2 is 1.79 bits per heavy atom. The van der Waals surface area contributed by atoms with Gasteiger partial charge in [-0.15, -0.1) is 6.07 Å². The summed E-state index contributed by atoms with van der Waals surface area (Å²) in [5.41, 5.74) is 2.95. The molecule has 0 unspecified atom stereocenters. The van der Waals surface area contributed by atoms with Crippen LogP contribution in [0, 0.1) is 13.0 Å². The third-order valence-electron chi connectivity index (χ3n) is 2.33. The van der Waals surface area contributed by atoms with E-state index in [0.29, 0.717) is 0 Å². The second-order valence-corrected chi connectivity index (χ2v) is 4.48. The molecule has 2 nitrogen and oxygen atoms in total. The number of rotatable bonds is 3. The van der Waals surface area contributed by atoms with E-state index in [2.05, 4.69) is 50.9 Å². The van der Waals surface area contributed by atoms with Crippen LogP contribution in [0.3, 0.4) is 0 Å². The summed E-state index contributed by atoms with van der Waals surface area (Å²) in [5, 5.41) is 8.47. The van der Waals surface area contributed by atoms with Crippen LogP contribution in [-0.4, -0.2) is 6.26 Å². The molecule has 0 bridgehead atoms. The molecule has 0 saturated heterocycles. The summed E-state index contributed by atoms with van der Waals surface area (Å²) < 4.78 is 0. The number of hydrogen-bond donors (Lipinski definition) is 0. The topological polar surface area (TPSA) is 24.7 Å². The van der Waals surface area contributed by atoms with Gasteiger partial charge in [0, 0.05) is 0 Å². The van der Waals surface area contributed by atoms with Crippen molar-refractivity contribution in [3.8, 4) is 0 Å². The van der Waals surface area contributed by atoms with Crippen LogP contribution in [0.1, 0.15) is 5.56 Å². The average molecular weight is 383 g/mol. The van der Waals surface area contributed by atoms with Crippen molar-refractivity contribution in [3.05, 3.63) is 54.1 Å². The summed E-state index contributed by atoms with van der Waals surface area (Å²) in [7, 11) is 4.49. The molecular weight excluding hydrogens is 370 g/mol. The summed E-state index contributed by atoms with van der Waals surface area (Å²) in [5.74, 6) is 0. The van der Waals surface area contributed by atoms with Crippen LogP contribution in [0.5, 0.6) is 0 Å². The Morgan fingerprint density at radius 3 is 2.42 bits per heavy atom. The minimum absolute atomic E-state index is 0.862. The van der Waals surface area contributed by atoms with Gasteiger partial charge >= 0.3 is 27.7 Å². The fraction of sp³-hybridized carbons (Fsp3) is 0.143. The number of halogens is 1. The minimum atomic E-state index is 0.862. The molecule has 102 valence electrons. The zero-order valence-corrected chi connectivity index (χ0v) is 13.7. The summed E-state index contributed by atoms with van der Waals surface area (Å²) in [6.45, 7) is 2.05. The van der Waals surface area contributed by atoms with Gasteiger partial charge in [-0.2, -0.15) is 35.1 Å². The van der Waals surface area contributed by atoms with Crippen molar-refractivity contribution < 1.29 is 18.2 Å². The molecule has 0 saturated carbocycles. The third kappa shape index (κ3) is 5.46. The van der Waals surface area contributed by atoms with Crippen LogP contribution in [0.4, 0.5) is 11.4 Å². The predicted molar refractivity (Wildman–Crippen MR) is 78.3 cm³/mol. The van der Waals surface area contributed by atoms with Crippen molar-refractivity contribution in [1.82, 2.24) is 0 Å². The molecular formula is C14H13ClN2PdS. The van der Waals surface area contributed by atoms with Gasteiger partial charge in [0.25, 0.3) is 0 Å². The molecule has 0 N–H and O–H groups in total. The molecule has 0 amide bonds. The van der Waals surface area contributed by atoms with E-state index in [4.69, 9.17) is 0 Å². The third-order valence-corrected chi connectivity index (χ3v) is 3.12. The fourth-order valence-corrected chi connectivity index (χ4v) is 1.89. The van der Waals surface area contributed by atoms with Crippen molar-refractivity contribution in [2.24, 2.45) is 10.2 Å². The molecule has 0 atom stereocenters. The van der Waals surface area contributed by atoms with Crippen LogP contribution >= 0.6 is 21.3 Å². The molecule has 0 fully saturated rings. The first-order chi connectivity index (χ1) is 9.29. The Morgan fingerprint density at radius 1 is 1.11 bits per heavy atom. The maximum absolute atomic E-state index is 4.49. The van der Waals surface area contributed by atoms with E-state index in [9.17, 15) is 0 Å². The van der Waals surface area contributed by atoms with E-state index in [1.807, 2.05) is 48.7 Å². The van der Waals surface area contributed by atoms with Crippen LogP contribution in [0.15, 0.2) is 57.6 Å². The first-order valence-electron chi connectivity index (χ1n) is 5.44. The van der Waals surface area contributed by atoms with Crippen LogP contribution < -0.4 is 0 Å². The number of nitrogens with zero attached hydrogens (tertiary/aromatic N) is 2. The van der Waals surface area contributed by atoms with Crippen molar-refractivity contribution in [1.29, 1.82) is 0 Å². The van der Waals surface area contributed by atoms with Gasteiger partial charge in [-0.3, -0.25) is 0 Å². The van der Waals surface area contributed by atoms with Gasteiger partial charge in [0.05, 0.1) is 5.69 Å². The molecule has 0 heterocycles. The molecule has 0 aliphatic rings. The van der Waals surface area contributed by atoms with E-state index >= 15 is 0 Å². The molecule has 0 aliphatic heterocycles. The van der Waals surface area contributed by atoms with E-state index in [-0.39, 0.29) is 0 Å². The number of azo groups is 1. The normalized spacial score (nSPS) is 10.2. The monoisotopic (exact) mass is 382 g/mol. The Bertz CT molecular complexity index is 529. The van der Waals surface area contributed by atoms with Gasteiger partial charge in [-0.25, -0.2) is 5.11 Å². The van der Waals surface area contributed by atoms with Crippen molar-refractivity contribution in [3.63, 3.8) is 0 Å². The average Bonchev–Trinajstić information content (AvgIpc) is 2.49. The summed E-state index contributed by atoms with van der Waals surface area (Å²) in [4.78, 5) is 1.11. The standard InChI is InChI=1S/C14H13N2S.ClH.Pd/c1-11-7-9-12(10-8-11)15-16-13-5-3-4-6-14(13)17-2;;/h4-10H,1-2H3;1H;/q-1;;+2/p-1. The Balaban J connectivity index is 0.000000861.